The lowest BCUT2D eigenvalue weighted by atomic mass is 10.2. The van der Waals surface area contributed by atoms with E-state index in [0.717, 1.165) is 4.68 Å². The van der Waals surface area contributed by atoms with Crippen molar-refractivity contribution in [1.82, 2.24) is 19.9 Å². The number of para-hydroxylation sites is 1. The molecule has 0 radical (unpaired) electrons. The van der Waals surface area contributed by atoms with Crippen molar-refractivity contribution >= 4 is 29.3 Å². The highest BCUT2D eigenvalue weighted by Gasteiger charge is 2.38. The summed E-state index contributed by atoms with van der Waals surface area (Å²) in [5.41, 5.74) is -1.05. The van der Waals surface area contributed by atoms with E-state index in [9.17, 15) is 14.4 Å². The maximum Gasteiger partial charge on any atom is 0.428 e. The van der Waals surface area contributed by atoms with E-state index in [2.05, 4.69) is 10.3 Å². The molecule has 1 heterocycles. The monoisotopic (exact) mass is 362 g/mol. The number of hydrogen-bond donors (Lipinski definition) is 0. The molecule has 1 aromatic heterocycles. The van der Waals surface area contributed by atoms with Crippen LogP contribution in [0.1, 0.15) is 41.5 Å². The third-order valence-electron chi connectivity index (χ3n) is 2.88. The number of imide groups is 3. The normalized spacial score (nSPS) is 11.9. The van der Waals surface area contributed by atoms with E-state index in [1.54, 1.807) is 65.8 Å². The first-order chi connectivity index (χ1) is 11.9. The number of fused-ring (bicyclic) bond motifs is 1. The molecule has 0 N–H and O–H groups in total. The van der Waals surface area contributed by atoms with Crippen molar-refractivity contribution in [2.24, 2.45) is 0 Å². The number of nitrogens with zero attached hydrogens (tertiary/aromatic N) is 4. The van der Waals surface area contributed by atoms with Crippen LogP contribution in [0.4, 0.5) is 14.4 Å². The van der Waals surface area contributed by atoms with Gasteiger partial charge in [-0.1, -0.05) is 17.3 Å². The van der Waals surface area contributed by atoms with Gasteiger partial charge in [-0.05, 0) is 53.7 Å². The molecule has 9 heteroatoms. The molecule has 0 saturated heterocycles. The zero-order valence-electron chi connectivity index (χ0n) is 15.6. The Hall–Kier alpha value is -2.97. The first-order valence-corrected chi connectivity index (χ1v) is 8.00. The first kappa shape index (κ1) is 19.4. The molecule has 0 aliphatic carbocycles. The van der Waals surface area contributed by atoms with Gasteiger partial charge in [0.05, 0.1) is 5.52 Å². The molecule has 2 rings (SSSR count). The number of hydrogen-bond acceptors (Lipinski definition) is 7. The third-order valence-corrected chi connectivity index (χ3v) is 2.88. The van der Waals surface area contributed by atoms with Crippen molar-refractivity contribution in [3.63, 3.8) is 0 Å². The van der Waals surface area contributed by atoms with Gasteiger partial charge < -0.3 is 9.47 Å². The van der Waals surface area contributed by atoms with Crippen molar-refractivity contribution < 1.29 is 23.9 Å². The molecule has 0 aliphatic rings. The predicted octanol–water partition coefficient (Wildman–Crippen LogP) is 3.57. The zero-order chi connectivity index (χ0) is 19.7. The van der Waals surface area contributed by atoms with Crippen LogP contribution < -0.4 is 0 Å². The van der Waals surface area contributed by atoms with E-state index in [4.69, 9.17) is 9.47 Å². The average molecular weight is 362 g/mol. The largest absolute Gasteiger partial charge is 0.443 e. The fraction of sp³-hybridized carbons (Fsp3) is 0.471. The van der Waals surface area contributed by atoms with Gasteiger partial charge in [-0.2, -0.15) is 4.68 Å². The van der Waals surface area contributed by atoms with Gasteiger partial charge in [-0.3, -0.25) is 0 Å². The summed E-state index contributed by atoms with van der Waals surface area (Å²) in [6.45, 7) is 9.71. The number of carbonyl (C=O) groups is 3. The number of aromatic nitrogens is 3. The van der Waals surface area contributed by atoms with Crippen molar-refractivity contribution in [3.05, 3.63) is 24.3 Å². The van der Waals surface area contributed by atoms with Crippen LogP contribution in [0.5, 0.6) is 0 Å². The summed E-state index contributed by atoms with van der Waals surface area (Å²) in [6, 6.07) is 5.61. The summed E-state index contributed by atoms with van der Waals surface area (Å²) in [4.78, 5) is 38.1. The molecule has 0 fully saturated rings. The maximum atomic E-state index is 12.9. The lowest BCUT2D eigenvalue weighted by Gasteiger charge is -2.27. The molecule has 0 saturated carbocycles. The molecule has 140 valence electrons. The molecule has 0 unspecified atom stereocenters. The highest BCUT2D eigenvalue weighted by Crippen LogP contribution is 2.17. The molecule has 2 aromatic rings. The first-order valence-electron chi connectivity index (χ1n) is 8.00. The van der Waals surface area contributed by atoms with Gasteiger partial charge in [-0.25, -0.2) is 14.4 Å². The lowest BCUT2D eigenvalue weighted by molar-refractivity contribution is 0.00969. The average Bonchev–Trinajstić information content (AvgIpc) is 2.87. The fourth-order valence-corrected chi connectivity index (χ4v) is 1.95. The van der Waals surface area contributed by atoms with Gasteiger partial charge in [0.2, 0.25) is 0 Å². The van der Waals surface area contributed by atoms with E-state index >= 15 is 0 Å². The smallest absolute Gasteiger partial charge is 0.428 e. The molecule has 0 spiro atoms. The van der Waals surface area contributed by atoms with Crippen molar-refractivity contribution in [2.75, 3.05) is 0 Å². The second-order valence-electron chi connectivity index (χ2n) is 7.57. The Labute approximate surface area is 150 Å². The molecular weight excluding hydrogens is 340 g/mol. The standard InChI is InChI=1S/C17H22N4O5/c1-16(2,3)25-14(23)20(15(24)26-17(4,5)6)13(22)21-12-10-8-7-9-11(12)18-19-21/h7-10H,1-6H3. The van der Waals surface area contributed by atoms with E-state index in [1.165, 1.54) is 0 Å². The van der Waals surface area contributed by atoms with Gasteiger partial charge >= 0.3 is 18.2 Å². The summed E-state index contributed by atoms with van der Waals surface area (Å²) in [5, 5.41) is 7.58. The van der Waals surface area contributed by atoms with Crippen LogP contribution in [0, 0.1) is 0 Å². The predicted molar refractivity (Wildman–Crippen MR) is 92.6 cm³/mol. The van der Waals surface area contributed by atoms with Gasteiger partial charge in [0, 0.05) is 0 Å². The van der Waals surface area contributed by atoms with Crippen LogP contribution in [-0.4, -0.2) is 49.3 Å². The Bertz CT molecular complexity index is 817. The van der Waals surface area contributed by atoms with Crippen LogP contribution in [0.3, 0.4) is 0 Å². The van der Waals surface area contributed by atoms with E-state index in [1.807, 2.05) is 0 Å². The summed E-state index contributed by atoms with van der Waals surface area (Å²) in [6.07, 6.45) is -2.31. The maximum absolute atomic E-state index is 12.9. The Balaban J connectivity index is 2.43. The second-order valence-corrected chi connectivity index (χ2v) is 7.57. The molecule has 0 atom stereocenters. The second kappa shape index (κ2) is 6.74. The van der Waals surface area contributed by atoms with E-state index < -0.39 is 29.4 Å². The number of amides is 3. The quantitative estimate of drug-likeness (QED) is 0.705. The number of rotatable bonds is 0. The topological polar surface area (TPSA) is 104 Å². The Kier molecular flexibility index (Phi) is 5.02. The summed E-state index contributed by atoms with van der Waals surface area (Å²) in [7, 11) is 0. The number of ether oxygens (including phenoxy) is 2. The molecule has 1 aromatic carbocycles. The molecular formula is C17H22N4O5. The Morgan fingerprint density at radius 1 is 0.923 bits per heavy atom. The summed E-state index contributed by atoms with van der Waals surface area (Å²) >= 11 is 0. The minimum Gasteiger partial charge on any atom is -0.443 e. The molecule has 0 bridgehead atoms. The highest BCUT2D eigenvalue weighted by molar-refractivity contribution is 6.08. The van der Waals surface area contributed by atoms with E-state index in [-0.39, 0.29) is 4.90 Å². The van der Waals surface area contributed by atoms with Crippen LogP contribution in [0.2, 0.25) is 0 Å². The number of carbonyl (C=O) groups excluding carboxylic acids is 3. The third kappa shape index (κ3) is 4.56. The molecule has 0 aliphatic heterocycles. The molecule has 9 nitrogen and oxygen atoms in total. The number of benzene rings is 1. The van der Waals surface area contributed by atoms with Crippen molar-refractivity contribution in [2.45, 2.75) is 52.7 Å². The van der Waals surface area contributed by atoms with Crippen LogP contribution >= 0.6 is 0 Å². The van der Waals surface area contributed by atoms with Gasteiger partial charge in [0.15, 0.2) is 0 Å². The SMILES string of the molecule is CC(C)(C)OC(=O)N(C(=O)OC(C)(C)C)C(=O)n1nnc2ccccc21. The molecule has 26 heavy (non-hydrogen) atoms. The fourth-order valence-electron chi connectivity index (χ4n) is 1.95. The minimum atomic E-state index is -1.16. The Morgan fingerprint density at radius 2 is 1.42 bits per heavy atom. The lowest BCUT2D eigenvalue weighted by Crippen LogP contribution is -2.48. The van der Waals surface area contributed by atoms with Gasteiger partial charge in [-0.15, -0.1) is 10.00 Å². The van der Waals surface area contributed by atoms with E-state index in [0.29, 0.717) is 11.0 Å². The molecule has 3 amide bonds. The van der Waals surface area contributed by atoms with Gasteiger partial charge in [0.1, 0.15) is 16.7 Å². The van der Waals surface area contributed by atoms with Crippen LogP contribution in [0.25, 0.3) is 11.0 Å². The Morgan fingerprint density at radius 3 is 1.92 bits per heavy atom. The van der Waals surface area contributed by atoms with Crippen LogP contribution in [-0.2, 0) is 9.47 Å². The summed E-state index contributed by atoms with van der Waals surface area (Å²) < 4.78 is 11.2. The van der Waals surface area contributed by atoms with Crippen molar-refractivity contribution in [1.29, 1.82) is 0 Å². The summed E-state index contributed by atoms with van der Waals surface area (Å²) in [5.74, 6) is 0. The zero-order valence-corrected chi connectivity index (χ0v) is 15.6. The minimum absolute atomic E-state index is 0.275. The highest BCUT2D eigenvalue weighted by atomic mass is 16.6. The van der Waals surface area contributed by atoms with Crippen molar-refractivity contribution in [3.8, 4) is 0 Å². The van der Waals surface area contributed by atoms with Crippen LogP contribution in [0.15, 0.2) is 24.3 Å². The van der Waals surface area contributed by atoms with Gasteiger partial charge in [0.25, 0.3) is 0 Å².